The molecule has 3 aromatic rings. The van der Waals surface area contributed by atoms with Crippen molar-refractivity contribution in [3.05, 3.63) is 76.3 Å². The number of halogens is 1. The molecule has 1 aliphatic heterocycles. The van der Waals surface area contributed by atoms with Gasteiger partial charge in [0.1, 0.15) is 12.4 Å². The maximum atomic E-state index is 6.30. The summed E-state index contributed by atoms with van der Waals surface area (Å²) in [5.41, 5.74) is 4.03. The zero-order valence-corrected chi connectivity index (χ0v) is 14.7. The Labute approximate surface area is 151 Å². The first-order valence-corrected chi connectivity index (χ1v) is 8.63. The molecule has 126 valence electrons. The lowest BCUT2D eigenvalue weighted by Crippen LogP contribution is -2.15. The minimum Gasteiger partial charge on any atom is -0.319 e. The van der Waals surface area contributed by atoms with Crippen LogP contribution in [0.2, 0.25) is 5.02 Å². The summed E-state index contributed by atoms with van der Waals surface area (Å²) in [7, 11) is 1.93. The van der Waals surface area contributed by atoms with E-state index in [1.807, 2.05) is 43.4 Å². The van der Waals surface area contributed by atoms with Crippen LogP contribution in [0.15, 0.2) is 53.5 Å². The number of nitrogens with one attached hydrogen (secondary N) is 1. The molecule has 0 radical (unpaired) electrons. The van der Waals surface area contributed by atoms with Crippen LogP contribution in [-0.4, -0.2) is 34.1 Å². The van der Waals surface area contributed by atoms with Crippen molar-refractivity contribution >= 4 is 17.3 Å². The van der Waals surface area contributed by atoms with Gasteiger partial charge in [0.15, 0.2) is 5.82 Å². The number of hydrogen-bond donors (Lipinski definition) is 1. The van der Waals surface area contributed by atoms with Crippen LogP contribution in [0, 0.1) is 0 Å². The van der Waals surface area contributed by atoms with Gasteiger partial charge in [-0.05, 0) is 25.2 Å². The molecule has 2 heterocycles. The lowest BCUT2D eigenvalue weighted by Gasteiger charge is -2.14. The molecule has 0 fully saturated rings. The zero-order valence-electron chi connectivity index (χ0n) is 13.9. The van der Waals surface area contributed by atoms with Gasteiger partial charge in [-0.15, -0.1) is 10.2 Å². The minimum atomic E-state index is 0.489. The van der Waals surface area contributed by atoms with Crippen LogP contribution in [0.4, 0.5) is 0 Å². The first kappa shape index (κ1) is 16.0. The summed E-state index contributed by atoms with van der Waals surface area (Å²) >= 11 is 6.30. The molecule has 1 aliphatic rings. The standard InChI is InChI=1S/C19H18ClN5/c1-21-10-9-17-23-24-18-12-22-19(13-5-3-2-4-6-13)15-11-14(20)7-8-16(15)25(17)18/h2-8,11,21H,9-10,12H2,1H3. The van der Waals surface area contributed by atoms with Gasteiger partial charge in [0.2, 0.25) is 0 Å². The van der Waals surface area contributed by atoms with Crippen LogP contribution in [0.5, 0.6) is 0 Å². The highest BCUT2D eigenvalue weighted by atomic mass is 35.5. The summed E-state index contributed by atoms with van der Waals surface area (Å²) in [5, 5.41) is 12.6. The Bertz CT molecular complexity index is 930. The number of likely N-dealkylation sites (N-methyl/N-ethyl adjacent to an activating group) is 1. The maximum absolute atomic E-state index is 6.30. The van der Waals surface area contributed by atoms with Gasteiger partial charge in [-0.3, -0.25) is 9.56 Å². The number of fused-ring (bicyclic) bond motifs is 3. The fraction of sp³-hybridized carbons (Fsp3) is 0.211. The molecule has 25 heavy (non-hydrogen) atoms. The fourth-order valence-electron chi connectivity index (χ4n) is 3.10. The van der Waals surface area contributed by atoms with E-state index in [0.29, 0.717) is 11.6 Å². The maximum Gasteiger partial charge on any atom is 0.159 e. The molecule has 4 rings (SSSR count). The molecular formula is C19H18ClN5. The van der Waals surface area contributed by atoms with Gasteiger partial charge in [0.25, 0.3) is 0 Å². The first-order valence-electron chi connectivity index (χ1n) is 8.26. The van der Waals surface area contributed by atoms with E-state index in [2.05, 4.69) is 32.2 Å². The molecule has 2 aromatic carbocycles. The van der Waals surface area contributed by atoms with Crippen molar-refractivity contribution in [2.75, 3.05) is 13.6 Å². The second-order valence-corrected chi connectivity index (χ2v) is 6.35. The van der Waals surface area contributed by atoms with Crippen molar-refractivity contribution in [3.8, 4) is 5.69 Å². The van der Waals surface area contributed by atoms with E-state index < -0.39 is 0 Å². The van der Waals surface area contributed by atoms with Crippen LogP contribution in [0.1, 0.15) is 22.8 Å². The number of hydrogen-bond acceptors (Lipinski definition) is 4. The lowest BCUT2D eigenvalue weighted by molar-refractivity contribution is 0.735. The van der Waals surface area contributed by atoms with E-state index in [-0.39, 0.29) is 0 Å². The molecule has 0 amide bonds. The van der Waals surface area contributed by atoms with E-state index in [1.165, 1.54) is 0 Å². The number of benzene rings is 2. The van der Waals surface area contributed by atoms with Gasteiger partial charge in [-0.1, -0.05) is 41.9 Å². The average Bonchev–Trinajstić information content (AvgIpc) is 2.96. The van der Waals surface area contributed by atoms with Crippen molar-refractivity contribution in [1.29, 1.82) is 0 Å². The summed E-state index contributed by atoms with van der Waals surface area (Å²) in [6.45, 7) is 1.33. The molecule has 0 bridgehead atoms. The van der Waals surface area contributed by atoms with Gasteiger partial charge in [-0.2, -0.15) is 0 Å². The highest BCUT2D eigenvalue weighted by molar-refractivity contribution is 6.31. The Morgan fingerprint density at radius 2 is 1.96 bits per heavy atom. The molecule has 0 unspecified atom stereocenters. The third-order valence-corrected chi connectivity index (χ3v) is 4.51. The highest BCUT2D eigenvalue weighted by Crippen LogP contribution is 2.28. The third kappa shape index (κ3) is 2.97. The SMILES string of the molecule is CNCCc1nnc2n1-c1ccc(Cl)cc1C(c1ccccc1)=NC2. The number of aliphatic imine (C=N–C) groups is 1. The van der Waals surface area contributed by atoms with Crippen molar-refractivity contribution in [1.82, 2.24) is 20.1 Å². The normalized spacial score (nSPS) is 13.0. The second-order valence-electron chi connectivity index (χ2n) is 5.91. The highest BCUT2D eigenvalue weighted by Gasteiger charge is 2.22. The molecule has 6 heteroatoms. The van der Waals surface area contributed by atoms with Crippen molar-refractivity contribution in [2.24, 2.45) is 4.99 Å². The predicted octanol–water partition coefficient (Wildman–Crippen LogP) is 3.03. The van der Waals surface area contributed by atoms with E-state index in [0.717, 1.165) is 47.1 Å². The van der Waals surface area contributed by atoms with Gasteiger partial charge in [0, 0.05) is 29.1 Å². The molecule has 0 spiro atoms. The van der Waals surface area contributed by atoms with Crippen LogP contribution in [0.25, 0.3) is 5.69 Å². The smallest absolute Gasteiger partial charge is 0.159 e. The number of rotatable bonds is 4. The largest absolute Gasteiger partial charge is 0.319 e. The second kappa shape index (κ2) is 6.78. The van der Waals surface area contributed by atoms with Gasteiger partial charge in [-0.25, -0.2) is 0 Å². The molecule has 0 saturated heterocycles. The van der Waals surface area contributed by atoms with Crippen molar-refractivity contribution in [3.63, 3.8) is 0 Å². The van der Waals surface area contributed by atoms with Gasteiger partial charge < -0.3 is 5.32 Å². The lowest BCUT2D eigenvalue weighted by atomic mass is 10.0. The first-order chi connectivity index (χ1) is 12.3. The Morgan fingerprint density at radius 3 is 2.76 bits per heavy atom. The molecule has 1 aromatic heterocycles. The average molecular weight is 352 g/mol. The summed E-state index contributed by atoms with van der Waals surface area (Å²) in [5.74, 6) is 1.78. The Hall–Kier alpha value is -2.50. The molecule has 5 nitrogen and oxygen atoms in total. The summed E-state index contributed by atoms with van der Waals surface area (Å²) < 4.78 is 2.11. The van der Waals surface area contributed by atoms with E-state index in [4.69, 9.17) is 16.6 Å². The Balaban J connectivity index is 1.90. The monoisotopic (exact) mass is 351 g/mol. The van der Waals surface area contributed by atoms with Crippen molar-refractivity contribution < 1.29 is 0 Å². The predicted molar refractivity (Wildman–Crippen MR) is 99.8 cm³/mol. The quantitative estimate of drug-likeness (QED) is 0.786. The van der Waals surface area contributed by atoms with Crippen LogP contribution < -0.4 is 5.32 Å². The molecule has 0 aliphatic carbocycles. The topological polar surface area (TPSA) is 55.1 Å². The summed E-state index contributed by atoms with van der Waals surface area (Å²) in [6.07, 6.45) is 0.798. The molecule has 0 atom stereocenters. The number of aromatic nitrogens is 3. The zero-order chi connectivity index (χ0) is 17.2. The van der Waals surface area contributed by atoms with Gasteiger partial charge in [0.05, 0.1) is 11.4 Å². The van der Waals surface area contributed by atoms with Crippen LogP contribution >= 0.6 is 11.6 Å². The van der Waals surface area contributed by atoms with E-state index >= 15 is 0 Å². The van der Waals surface area contributed by atoms with Crippen LogP contribution in [0.3, 0.4) is 0 Å². The fourth-order valence-corrected chi connectivity index (χ4v) is 3.28. The summed E-state index contributed by atoms with van der Waals surface area (Å²) in [6, 6.07) is 16.1. The van der Waals surface area contributed by atoms with Gasteiger partial charge >= 0.3 is 0 Å². The van der Waals surface area contributed by atoms with Crippen LogP contribution in [-0.2, 0) is 13.0 Å². The Kier molecular flexibility index (Phi) is 4.34. The molecule has 1 N–H and O–H groups in total. The van der Waals surface area contributed by atoms with Crippen molar-refractivity contribution in [2.45, 2.75) is 13.0 Å². The third-order valence-electron chi connectivity index (χ3n) is 4.28. The Morgan fingerprint density at radius 1 is 1.12 bits per heavy atom. The van der Waals surface area contributed by atoms with E-state index in [9.17, 15) is 0 Å². The molecular weight excluding hydrogens is 334 g/mol. The van der Waals surface area contributed by atoms with E-state index in [1.54, 1.807) is 0 Å². The minimum absolute atomic E-state index is 0.489. The number of nitrogens with zero attached hydrogens (tertiary/aromatic N) is 4. The summed E-state index contributed by atoms with van der Waals surface area (Å²) in [4.78, 5) is 4.83. The molecule has 0 saturated carbocycles.